The number of allylic oxidation sites excluding steroid dienone is 2. The third kappa shape index (κ3) is 10.5. The minimum atomic E-state index is 0. The molecule has 4 fully saturated rings. The molecule has 8 rings (SSSR count). The van der Waals surface area contributed by atoms with E-state index >= 15 is 0 Å². The van der Waals surface area contributed by atoms with Crippen molar-refractivity contribution in [3.8, 4) is 0 Å². The Bertz CT molecular complexity index is 1320. The minimum Gasteiger partial charge on any atom is -0.0763 e. The van der Waals surface area contributed by atoms with E-state index in [1.165, 1.54) is 104 Å². The molecular weight excluding hydrogens is 554 g/mol. The van der Waals surface area contributed by atoms with Crippen molar-refractivity contribution in [1.29, 1.82) is 0 Å². The Kier molecular flexibility index (Phi) is 16.1. The van der Waals surface area contributed by atoms with Crippen molar-refractivity contribution in [2.75, 3.05) is 0 Å². The standard InChI is InChI=1S/C18H26.C18H18.C9H16.2Li/c2*1-14(15-7-3-2-4-8-15)13-17-12-11-16-9-5-6-10-18(16)17;1-2-5-9-7-3-6-8(9)4-1;;/h2-4,7-8,14,16-18H,5-6,9-13H2,1H3;2-10,12,14H,11,13H2,1H3;8-9H,1-7H2;;/q;;;2*+1. The minimum absolute atomic E-state index is 0. The number of rotatable bonds is 6. The van der Waals surface area contributed by atoms with Gasteiger partial charge < -0.3 is 0 Å². The van der Waals surface area contributed by atoms with Crippen molar-refractivity contribution in [1.82, 2.24) is 0 Å². The summed E-state index contributed by atoms with van der Waals surface area (Å²) in [6.45, 7) is 4.74. The van der Waals surface area contributed by atoms with Crippen LogP contribution in [-0.4, -0.2) is 0 Å². The molecule has 0 spiro atoms. The topological polar surface area (TPSA) is 0 Å². The summed E-state index contributed by atoms with van der Waals surface area (Å²) in [5, 5.41) is 0. The van der Waals surface area contributed by atoms with Gasteiger partial charge in [0.1, 0.15) is 0 Å². The molecule has 3 aromatic rings. The van der Waals surface area contributed by atoms with Crippen LogP contribution in [-0.2, 0) is 6.42 Å². The van der Waals surface area contributed by atoms with Gasteiger partial charge in [0.25, 0.3) is 0 Å². The molecule has 0 nitrogen and oxygen atoms in total. The summed E-state index contributed by atoms with van der Waals surface area (Å²) in [6.07, 6.45) is 26.0. The molecule has 0 heterocycles. The van der Waals surface area contributed by atoms with E-state index in [4.69, 9.17) is 0 Å². The van der Waals surface area contributed by atoms with Crippen LogP contribution in [0.2, 0.25) is 0 Å². The molecule has 2 heteroatoms. The Hall–Kier alpha value is -1.41. The van der Waals surface area contributed by atoms with Gasteiger partial charge in [0, 0.05) is 0 Å². The Morgan fingerprint density at radius 2 is 1.06 bits per heavy atom. The first-order chi connectivity index (χ1) is 22.2. The fourth-order valence-corrected chi connectivity index (χ4v) is 9.99. The molecule has 0 aromatic heterocycles. The van der Waals surface area contributed by atoms with E-state index in [1.807, 2.05) is 0 Å². The van der Waals surface area contributed by atoms with E-state index in [-0.39, 0.29) is 37.7 Å². The Labute approximate surface area is 312 Å². The van der Waals surface area contributed by atoms with E-state index in [0.717, 1.165) is 36.5 Å². The zero-order chi connectivity index (χ0) is 30.8. The maximum absolute atomic E-state index is 2.42. The van der Waals surface area contributed by atoms with E-state index in [0.29, 0.717) is 5.92 Å². The third-order valence-corrected chi connectivity index (χ3v) is 12.5. The van der Waals surface area contributed by atoms with Crippen LogP contribution in [0.4, 0.5) is 0 Å². The average Bonchev–Trinajstić information content (AvgIpc) is 3.85. The molecule has 4 saturated carbocycles. The number of benzene rings is 3. The Balaban J connectivity index is 0.000000164. The van der Waals surface area contributed by atoms with Crippen LogP contribution in [0.15, 0.2) is 91.0 Å². The van der Waals surface area contributed by atoms with Crippen LogP contribution in [0.25, 0.3) is 5.57 Å². The number of hydrogen-bond acceptors (Lipinski definition) is 0. The molecule has 3 aromatic carbocycles. The van der Waals surface area contributed by atoms with Gasteiger partial charge >= 0.3 is 37.7 Å². The Morgan fingerprint density at radius 1 is 0.532 bits per heavy atom. The second-order valence-electron chi connectivity index (χ2n) is 15.4. The summed E-state index contributed by atoms with van der Waals surface area (Å²) >= 11 is 0. The summed E-state index contributed by atoms with van der Waals surface area (Å²) < 4.78 is 0. The van der Waals surface area contributed by atoms with E-state index in [1.54, 1.807) is 25.7 Å². The molecule has 7 atom stereocenters. The van der Waals surface area contributed by atoms with Gasteiger partial charge in [0.05, 0.1) is 0 Å². The molecule has 0 saturated heterocycles. The molecule has 0 bridgehead atoms. The van der Waals surface area contributed by atoms with Crippen LogP contribution in [0.3, 0.4) is 0 Å². The van der Waals surface area contributed by atoms with Crippen molar-refractivity contribution in [3.63, 3.8) is 0 Å². The molecule has 0 aliphatic heterocycles. The molecule has 0 radical (unpaired) electrons. The van der Waals surface area contributed by atoms with E-state index in [9.17, 15) is 0 Å². The zero-order valence-electron chi connectivity index (χ0n) is 30.5. The fourth-order valence-electron chi connectivity index (χ4n) is 9.99. The van der Waals surface area contributed by atoms with Crippen LogP contribution in [0.5, 0.6) is 0 Å². The molecule has 0 amide bonds. The smallest absolute Gasteiger partial charge is 0.0763 e. The molecule has 5 aliphatic rings. The molecule has 0 N–H and O–H groups in total. The van der Waals surface area contributed by atoms with Gasteiger partial charge in [-0.15, -0.1) is 0 Å². The molecule has 47 heavy (non-hydrogen) atoms. The summed E-state index contributed by atoms with van der Waals surface area (Å²) in [5.74, 6) is 6.85. The predicted octanol–water partition coefficient (Wildman–Crippen LogP) is 7.20. The van der Waals surface area contributed by atoms with Crippen LogP contribution in [0, 0.1) is 29.6 Å². The van der Waals surface area contributed by atoms with Crippen LogP contribution >= 0.6 is 0 Å². The molecular formula is C45H60Li2+2. The van der Waals surface area contributed by atoms with Crippen LogP contribution in [0.1, 0.15) is 144 Å². The SMILES string of the molecule is C1CCC2CCCC2C1.CC(CC1=CCc2ccccc21)c1ccccc1.CC(CC1CCC2CCCCC21)c1ccccc1.[Li+].[Li+]. The van der Waals surface area contributed by atoms with Crippen molar-refractivity contribution < 1.29 is 37.7 Å². The van der Waals surface area contributed by atoms with Gasteiger partial charge in [-0.3, -0.25) is 0 Å². The third-order valence-electron chi connectivity index (χ3n) is 12.5. The monoisotopic (exact) mass is 615 g/mol. The van der Waals surface area contributed by atoms with Gasteiger partial charge in [-0.25, -0.2) is 0 Å². The first-order valence-corrected chi connectivity index (χ1v) is 19.0. The van der Waals surface area contributed by atoms with E-state index < -0.39 is 0 Å². The summed E-state index contributed by atoms with van der Waals surface area (Å²) in [5.41, 5.74) is 7.43. The van der Waals surface area contributed by atoms with Gasteiger partial charge in [-0.1, -0.05) is 169 Å². The van der Waals surface area contributed by atoms with Gasteiger partial charge in [-0.05, 0) is 108 Å². The molecule has 7 unspecified atom stereocenters. The summed E-state index contributed by atoms with van der Waals surface area (Å²) in [7, 11) is 0. The first kappa shape index (κ1) is 38.4. The summed E-state index contributed by atoms with van der Waals surface area (Å²) in [4.78, 5) is 0. The second-order valence-corrected chi connectivity index (χ2v) is 15.4. The van der Waals surface area contributed by atoms with Gasteiger partial charge in [-0.2, -0.15) is 0 Å². The quantitative estimate of drug-likeness (QED) is 0.258. The normalized spacial score (nSPS) is 26.6. The average molecular weight is 615 g/mol. The van der Waals surface area contributed by atoms with Crippen molar-refractivity contribution in [3.05, 3.63) is 113 Å². The molecule has 5 aliphatic carbocycles. The number of hydrogen-bond donors (Lipinski definition) is 0. The maximum atomic E-state index is 2.42. The summed E-state index contributed by atoms with van der Waals surface area (Å²) in [6, 6.07) is 30.7. The fraction of sp³-hybridized carbons (Fsp3) is 0.556. The largest absolute Gasteiger partial charge is 1.00 e. The second kappa shape index (κ2) is 19.7. The van der Waals surface area contributed by atoms with Crippen molar-refractivity contribution in [2.24, 2.45) is 29.6 Å². The van der Waals surface area contributed by atoms with Crippen molar-refractivity contribution in [2.45, 2.75) is 128 Å². The van der Waals surface area contributed by atoms with Gasteiger partial charge in [0.2, 0.25) is 0 Å². The first-order valence-electron chi connectivity index (χ1n) is 19.0. The maximum Gasteiger partial charge on any atom is 1.00 e. The molecule has 240 valence electrons. The predicted molar refractivity (Wildman–Crippen MR) is 195 cm³/mol. The van der Waals surface area contributed by atoms with Crippen LogP contribution < -0.4 is 37.7 Å². The van der Waals surface area contributed by atoms with Gasteiger partial charge in [0.15, 0.2) is 0 Å². The van der Waals surface area contributed by atoms with Crippen molar-refractivity contribution >= 4 is 5.57 Å². The van der Waals surface area contributed by atoms with E-state index in [2.05, 4.69) is 105 Å². The number of fused-ring (bicyclic) bond motifs is 3. The Morgan fingerprint density at radius 3 is 1.72 bits per heavy atom. The zero-order valence-corrected chi connectivity index (χ0v) is 30.5.